The van der Waals surface area contributed by atoms with Crippen molar-refractivity contribution < 1.29 is 26.3 Å². The second-order valence-corrected chi connectivity index (χ2v) is 6.56. The average molecular weight is 366 g/mol. The summed E-state index contributed by atoms with van der Waals surface area (Å²) in [5.41, 5.74) is -0.873. The molecule has 0 unspecified atom stereocenters. The van der Waals surface area contributed by atoms with E-state index in [0.29, 0.717) is 17.9 Å². The normalized spacial score (nSPS) is 12.0. The molecule has 4 nitrogen and oxygen atoms in total. The Bertz CT molecular complexity index is 805. The summed E-state index contributed by atoms with van der Waals surface area (Å²) in [7, 11) is -2.68. The molecule has 9 heteroatoms. The molecular weight excluding hydrogens is 355 g/mol. The molecule has 0 saturated heterocycles. The summed E-state index contributed by atoms with van der Waals surface area (Å²) in [4.78, 5) is -0.315. The Balaban J connectivity index is 2.32. The summed E-state index contributed by atoms with van der Waals surface area (Å²) >= 11 is 5.90. The van der Waals surface area contributed by atoms with Crippen molar-refractivity contribution in [1.82, 2.24) is 0 Å². The molecule has 0 fully saturated rings. The van der Waals surface area contributed by atoms with Gasteiger partial charge in [-0.3, -0.25) is 4.72 Å². The third-order valence-corrected chi connectivity index (χ3v) is 4.62. The first-order valence-electron chi connectivity index (χ1n) is 6.17. The number of benzene rings is 2. The quantitative estimate of drug-likeness (QED) is 0.884. The molecule has 0 radical (unpaired) electrons. The van der Waals surface area contributed by atoms with Crippen molar-refractivity contribution in [2.24, 2.45) is 0 Å². The Morgan fingerprint density at radius 2 is 1.70 bits per heavy atom. The Morgan fingerprint density at radius 1 is 1.09 bits per heavy atom. The minimum atomic E-state index is -4.54. The van der Waals surface area contributed by atoms with Crippen LogP contribution in [0.1, 0.15) is 5.56 Å². The molecule has 0 heterocycles. The lowest BCUT2D eigenvalue weighted by Crippen LogP contribution is -2.14. The zero-order valence-electron chi connectivity index (χ0n) is 11.7. The Hall–Kier alpha value is -1.93. The highest BCUT2D eigenvalue weighted by Crippen LogP contribution is 2.31. The molecule has 0 bridgehead atoms. The summed E-state index contributed by atoms with van der Waals surface area (Å²) in [5, 5.41) is 0.126. The lowest BCUT2D eigenvalue weighted by Gasteiger charge is -2.12. The molecule has 0 aliphatic rings. The van der Waals surface area contributed by atoms with Crippen LogP contribution in [0.25, 0.3) is 0 Å². The molecule has 0 aliphatic carbocycles. The van der Waals surface area contributed by atoms with E-state index in [1.165, 1.54) is 25.3 Å². The van der Waals surface area contributed by atoms with Crippen LogP contribution >= 0.6 is 11.6 Å². The predicted octanol–water partition coefficient (Wildman–Crippen LogP) is 4.17. The molecule has 2 aromatic carbocycles. The highest BCUT2D eigenvalue weighted by Gasteiger charge is 2.30. The second kappa shape index (κ2) is 6.29. The van der Waals surface area contributed by atoms with Crippen LogP contribution in [0.2, 0.25) is 5.02 Å². The van der Waals surface area contributed by atoms with Gasteiger partial charge in [0.2, 0.25) is 0 Å². The van der Waals surface area contributed by atoms with E-state index in [9.17, 15) is 21.6 Å². The van der Waals surface area contributed by atoms with Gasteiger partial charge in [0.25, 0.3) is 10.0 Å². The van der Waals surface area contributed by atoms with Gasteiger partial charge in [-0.15, -0.1) is 0 Å². The first-order chi connectivity index (χ1) is 10.6. The van der Waals surface area contributed by atoms with Gasteiger partial charge in [-0.05, 0) is 36.4 Å². The molecular formula is C14H11ClF3NO3S. The number of nitrogens with one attached hydrogen (secondary N) is 1. The van der Waals surface area contributed by atoms with E-state index < -0.39 is 21.8 Å². The van der Waals surface area contributed by atoms with Gasteiger partial charge in [-0.2, -0.15) is 13.2 Å². The van der Waals surface area contributed by atoms with E-state index in [-0.39, 0.29) is 15.6 Å². The number of halogens is 4. The van der Waals surface area contributed by atoms with Crippen molar-refractivity contribution in [3.05, 3.63) is 53.1 Å². The maximum absolute atomic E-state index is 12.5. The Labute approximate surface area is 135 Å². The number of alkyl halides is 3. The van der Waals surface area contributed by atoms with Crippen molar-refractivity contribution in [3.8, 4) is 5.75 Å². The molecule has 1 N–H and O–H groups in total. The van der Waals surface area contributed by atoms with Crippen molar-refractivity contribution in [1.29, 1.82) is 0 Å². The van der Waals surface area contributed by atoms with Crippen LogP contribution in [0.3, 0.4) is 0 Å². The summed E-state index contributed by atoms with van der Waals surface area (Å²) in [6.45, 7) is 0. The van der Waals surface area contributed by atoms with E-state index in [1.807, 2.05) is 0 Å². The van der Waals surface area contributed by atoms with Crippen LogP contribution in [-0.2, 0) is 16.2 Å². The maximum Gasteiger partial charge on any atom is 0.416 e. The predicted molar refractivity (Wildman–Crippen MR) is 80.3 cm³/mol. The van der Waals surface area contributed by atoms with Crippen LogP contribution < -0.4 is 9.46 Å². The highest BCUT2D eigenvalue weighted by atomic mass is 35.5. The van der Waals surface area contributed by atoms with Gasteiger partial charge in [0, 0.05) is 6.07 Å². The Kier molecular flexibility index (Phi) is 4.76. The van der Waals surface area contributed by atoms with Gasteiger partial charge in [0.15, 0.2) is 0 Å². The molecule has 124 valence electrons. The van der Waals surface area contributed by atoms with E-state index >= 15 is 0 Å². The lowest BCUT2D eigenvalue weighted by atomic mass is 10.2. The summed E-state index contributed by atoms with van der Waals surface area (Å²) in [6.07, 6.45) is -4.54. The third kappa shape index (κ3) is 4.08. The van der Waals surface area contributed by atoms with E-state index in [0.717, 1.165) is 12.1 Å². The van der Waals surface area contributed by atoms with Crippen molar-refractivity contribution in [2.75, 3.05) is 11.8 Å². The highest BCUT2D eigenvalue weighted by molar-refractivity contribution is 7.92. The fourth-order valence-corrected chi connectivity index (χ4v) is 3.03. The maximum atomic E-state index is 12.5. The molecule has 2 rings (SSSR count). The molecule has 0 saturated carbocycles. The van der Waals surface area contributed by atoms with Gasteiger partial charge in [-0.1, -0.05) is 11.6 Å². The average Bonchev–Trinajstić information content (AvgIpc) is 2.48. The number of methoxy groups -OCH3 is 1. The van der Waals surface area contributed by atoms with Crippen LogP contribution in [-0.4, -0.2) is 15.5 Å². The summed E-state index contributed by atoms with van der Waals surface area (Å²) in [5.74, 6) is 0.375. The van der Waals surface area contributed by atoms with Gasteiger partial charge in [0.05, 0.1) is 28.3 Å². The van der Waals surface area contributed by atoms with Gasteiger partial charge in [0.1, 0.15) is 5.75 Å². The van der Waals surface area contributed by atoms with E-state index in [2.05, 4.69) is 4.72 Å². The van der Waals surface area contributed by atoms with E-state index in [4.69, 9.17) is 16.3 Å². The summed E-state index contributed by atoms with van der Waals surface area (Å²) in [6, 6.07) is 7.48. The molecule has 23 heavy (non-hydrogen) atoms. The van der Waals surface area contributed by atoms with Crippen molar-refractivity contribution >= 4 is 27.3 Å². The number of hydrogen-bond donors (Lipinski definition) is 1. The van der Waals surface area contributed by atoms with Crippen LogP contribution in [0.15, 0.2) is 47.4 Å². The van der Waals surface area contributed by atoms with Crippen LogP contribution in [0.5, 0.6) is 5.75 Å². The fourth-order valence-electron chi connectivity index (χ4n) is 1.74. The first kappa shape index (κ1) is 17.4. The number of hydrogen-bond acceptors (Lipinski definition) is 3. The van der Waals surface area contributed by atoms with Crippen LogP contribution in [0.4, 0.5) is 18.9 Å². The number of ether oxygens (including phenoxy) is 1. The standard InChI is InChI=1S/C14H11ClF3NO3S/c1-22-10-4-7-12(15)13(8-10)19-23(20,21)11-5-2-9(3-6-11)14(16,17)18/h2-8,19H,1H3. The second-order valence-electron chi connectivity index (χ2n) is 4.47. The molecule has 0 spiro atoms. The van der Waals surface area contributed by atoms with Gasteiger partial charge in [-0.25, -0.2) is 8.42 Å². The van der Waals surface area contributed by atoms with E-state index in [1.54, 1.807) is 0 Å². The fraction of sp³-hybridized carbons (Fsp3) is 0.143. The minimum Gasteiger partial charge on any atom is -0.497 e. The third-order valence-electron chi connectivity index (χ3n) is 2.91. The van der Waals surface area contributed by atoms with Crippen LogP contribution in [0, 0.1) is 0 Å². The molecule has 0 aliphatic heterocycles. The van der Waals surface area contributed by atoms with Gasteiger partial charge < -0.3 is 4.74 Å². The lowest BCUT2D eigenvalue weighted by molar-refractivity contribution is -0.137. The monoisotopic (exact) mass is 365 g/mol. The topological polar surface area (TPSA) is 55.4 Å². The van der Waals surface area contributed by atoms with Gasteiger partial charge >= 0.3 is 6.18 Å². The molecule has 0 aromatic heterocycles. The number of anilines is 1. The zero-order chi connectivity index (χ0) is 17.3. The summed E-state index contributed by atoms with van der Waals surface area (Å²) < 4.78 is 69.1. The minimum absolute atomic E-state index is 0.0610. The van der Waals surface area contributed by atoms with Crippen molar-refractivity contribution in [2.45, 2.75) is 11.1 Å². The molecule has 0 atom stereocenters. The first-order valence-corrected chi connectivity index (χ1v) is 8.03. The molecule has 0 amide bonds. The smallest absolute Gasteiger partial charge is 0.416 e. The Morgan fingerprint density at radius 3 is 2.22 bits per heavy atom. The largest absolute Gasteiger partial charge is 0.497 e. The number of rotatable bonds is 4. The molecule has 2 aromatic rings. The SMILES string of the molecule is COc1ccc(Cl)c(NS(=O)(=O)c2ccc(C(F)(F)F)cc2)c1. The van der Waals surface area contributed by atoms with Crippen molar-refractivity contribution in [3.63, 3.8) is 0 Å². The zero-order valence-corrected chi connectivity index (χ0v) is 13.3. The number of sulfonamides is 1.